The monoisotopic (exact) mass is 211 g/mol. The Bertz CT molecular complexity index is 368. The first kappa shape index (κ1) is 9.46. The minimum Gasteiger partial charge on any atom is -0.329 e. The van der Waals surface area contributed by atoms with Crippen LogP contribution in [0, 0.1) is 0 Å². The quantitative estimate of drug-likeness (QED) is 0.662. The summed E-state index contributed by atoms with van der Waals surface area (Å²) in [6.07, 6.45) is 3.59. The maximum Gasteiger partial charge on any atom is 0.224 e. The van der Waals surface area contributed by atoms with E-state index in [0.717, 1.165) is 5.70 Å². The number of hydrogen-bond acceptors (Lipinski definition) is 2. The van der Waals surface area contributed by atoms with Gasteiger partial charge in [0, 0.05) is 29.1 Å². The van der Waals surface area contributed by atoms with Gasteiger partial charge in [-0.1, -0.05) is 11.6 Å². The first-order chi connectivity index (χ1) is 6.66. The molecule has 2 aliphatic rings. The van der Waals surface area contributed by atoms with Crippen LogP contribution < -0.4 is 5.32 Å². The first-order valence-electron chi connectivity index (χ1n) is 4.59. The molecule has 0 bridgehead atoms. The zero-order valence-electron chi connectivity index (χ0n) is 7.60. The average Bonchev–Trinajstić information content (AvgIpc) is 2.29. The minimum atomic E-state index is -0.0743. The summed E-state index contributed by atoms with van der Waals surface area (Å²) >= 11 is 5.85. The summed E-state index contributed by atoms with van der Waals surface area (Å²) in [5, 5.41) is 3.44. The highest BCUT2D eigenvalue weighted by atomic mass is 35.5. The second-order valence-corrected chi connectivity index (χ2v) is 3.94. The topological polar surface area (TPSA) is 46.2 Å². The molecule has 1 aliphatic heterocycles. The van der Waals surface area contributed by atoms with Gasteiger partial charge in [-0.05, 0) is 18.9 Å². The van der Waals surface area contributed by atoms with E-state index in [-0.39, 0.29) is 24.5 Å². The van der Waals surface area contributed by atoms with Gasteiger partial charge >= 0.3 is 0 Å². The zero-order valence-corrected chi connectivity index (χ0v) is 8.36. The largest absolute Gasteiger partial charge is 0.329 e. The van der Waals surface area contributed by atoms with Crippen LogP contribution in [-0.4, -0.2) is 11.7 Å². The van der Waals surface area contributed by atoms with Crippen LogP contribution in [0.5, 0.6) is 0 Å². The Morgan fingerprint density at radius 3 is 2.71 bits per heavy atom. The number of ketones is 1. The summed E-state index contributed by atoms with van der Waals surface area (Å²) in [6, 6.07) is 0. The third-order valence-corrected chi connectivity index (χ3v) is 2.71. The molecule has 1 heterocycles. The van der Waals surface area contributed by atoms with Gasteiger partial charge in [0.05, 0.1) is 0 Å². The number of rotatable bonds is 0. The van der Waals surface area contributed by atoms with Crippen molar-refractivity contribution in [3.8, 4) is 0 Å². The fourth-order valence-corrected chi connectivity index (χ4v) is 1.87. The number of allylic oxidation sites excluding steroid dienone is 4. The number of halogens is 1. The van der Waals surface area contributed by atoms with Crippen molar-refractivity contribution in [2.75, 3.05) is 0 Å². The van der Waals surface area contributed by atoms with Gasteiger partial charge in [-0.2, -0.15) is 0 Å². The lowest BCUT2D eigenvalue weighted by Gasteiger charge is -2.14. The Morgan fingerprint density at radius 2 is 1.93 bits per heavy atom. The van der Waals surface area contributed by atoms with Crippen molar-refractivity contribution < 1.29 is 9.59 Å². The van der Waals surface area contributed by atoms with E-state index in [1.54, 1.807) is 6.08 Å². The maximum absolute atomic E-state index is 11.6. The molecule has 0 aromatic heterocycles. The van der Waals surface area contributed by atoms with Crippen LogP contribution in [0.15, 0.2) is 22.4 Å². The molecule has 0 atom stereocenters. The van der Waals surface area contributed by atoms with Crippen molar-refractivity contribution in [3.05, 3.63) is 22.4 Å². The van der Waals surface area contributed by atoms with Gasteiger partial charge in [0.2, 0.25) is 5.91 Å². The summed E-state index contributed by atoms with van der Waals surface area (Å²) in [6.45, 7) is 0. The van der Waals surface area contributed by atoms with E-state index in [1.807, 2.05) is 0 Å². The maximum atomic E-state index is 11.6. The van der Waals surface area contributed by atoms with Crippen molar-refractivity contribution >= 4 is 23.3 Å². The van der Waals surface area contributed by atoms with Gasteiger partial charge in [-0.3, -0.25) is 9.59 Å². The summed E-state index contributed by atoms with van der Waals surface area (Å²) in [7, 11) is 0. The Hall–Kier alpha value is -1.09. The van der Waals surface area contributed by atoms with E-state index in [0.29, 0.717) is 23.4 Å². The van der Waals surface area contributed by atoms with Gasteiger partial charge in [-0.25, -0.2) is 0 Å². The molecule has 1 aliphatic carbocycles. The van der Waals surface area contributed by atoms with Crippen molar-refractivity contribution in [2.24, 2.45) is 0 Å². The van der Waals surface area contributed by atoms with Crippen molar-refractivity contribution in [3.63, 3.8) is 0 Å². The molecule has 0 spiro atoms. The van der Waals surface area contributed by atoms with Crippen LogP contribution in [0.4, 0.5) is 0 Å². The van der Waals surface area contributed by atoms with Crippen molar-refractivity contribution in [1.29, 1.82) is 0 Å². The third-order valence-electron chi connectivity index (χ3n) is 2.41. The molecule has 2 rings (SSSR count). The predicted molar refractivity (Wildman–Crippen MR) is 52.6 cm³/mol. The molecular formula is C10H10ClNO2. The van der Waals surface area contributed by atoms with Gasteiger partial charge in [-0.15, -0.1) is 0 Å². The molecule has 74 valence electrons. The van der Waals surface area contributed by atoms with E-state index in [4.69, 9.17) is 11.6 Å². The number of carbonyl (C=O) groups is 2. The Balaban J connectivity index is 2.39. The lowest BCUT2D eigenvalue weighted by Crippen LogP contribution is -2.22. The molecule has 0 unspecified atom stereocenters. The molecule has 14 heavy (non-hydrogen) atoms. The Labute approximate surface area is 86.8 Å². The molecule has 0 aromatic rings. The molecule has 0 aromatic carbocycles. The second kappa shape index (κ2) is 3.58. The number of carbonyl (C=O) groups excluding carboxylic acids is 2. The number of nitrogens with one attached hydrogen (secondary N) is 1. The van der Waals surface area contributed by atoms with Crippen LogP contribution in [0.3, 0.4) is 0 Å². The highest BCUT2D eigenvalue weighted by Gasteiger charge is 2.23. The summed E-state index contributed by atoms with van der Waals surface area (Å²) < 4.78 is 0. The standard InChI is InChI=1S/C10H10ClNO2/c11-6-1-2-8-7(5-6)9(13)3-4-10(14)12-8/h5H,1-4H2,(H,12,14). The molecule has 0 radical (unpaired) electrons. The molecule has 3 nitrogen and oxygen atoms in total. The molecule has 0 fully saturated rings. The average molecular weight is 212 g/mol. The predicted octanol–water partition coefficient (Wildman–Crippen LogP) is 1.64. The van der Waals surface area contributed by atoms with Gasteiger partial charge in [0.1, 0.15) is 0 Å². The van der Waals surface area contributed by atoms with Crippen LogP contribution in [0.1, 0.15) is 25.7 Å². The number of Topliss-reactive ketones (excluding diaryl/α,β-unsaturated/α-hetero) is 1. The molecule has 4 heteroatoms. The van der Waals surface area contributed by atoms with E-state index in [2.05, 4.69) is 5.32 Å². The highest BCUT2D eigenvalue weighted by Crippen LogP contribution is 2.27. The zero-order chi connectivity index (χ0) is 10.1. The molecule has 1 N–H and O–H groups in total. The molecule has 0 saturated carbocycles. The van der Waals surface area contributed by atoms with Gasteiger partial charge in [0.25, 0.3) is 0 Å². The lowest BCUT2D eigenvalue weighted by atomic mass is 9.99. The van der Waals surface area contributed by atoms with Crippen LogP contribution in [0.25, 0.3) is 0 Å². The fraction of sp³-hybridized carbons (Fsp3) is 0.400. The minimum absolute atomic E-state index is 0.0104. The Kier molecular flexibility index (Phi) is 2.42. The van der Waals surface area contributed by atoms with E-state index >= 15 is 0 Å². The normalized spacial score (nSPS) is 22.5. The van der Waals surface area contributed by atoms with E-state index < -0.39 is 0 Å². The van der Waals surface area contributed by atoms with E-state index in [1.165, 1.54) is 0 Å². The van der Waals surface area contributed by atoms with Crippen molar-refractivity contribution in [1.82, 2.24) is 5.32 Å². The fourth-order valence-electron chi connectivity index (χ4n) is 1.67. The Morgan fingerprint density at radius 1 is 1.14 bits per heavy atom. The van der Waals surface area contributed by atoms with Gasteiger partial charge < -0.3 is 5.32 Å². The molecule has 0 saturated heterocycles. The summed E-state index contributed by atoms with van der Waals surface area (Å²) in [4.78, 5) is 22.8. The summed E-state index contributed by atoms with van der Waals surface area (Å²) in [5.74, 6) is -0.0639. The number of amides is 1. The number of hydrogen-bond donors (Lipinski definition) is 1. The molecule has 1 amide bonds. The van der Waals surface area contributed by atoms with Gasteiger partial charge in [0.15, 0.2) is 5.78 Å². The van der Waals surface area contributed by atoms with Crippen LogP contribution in [0.2, 0.25) is 0 Å². The van der Waals surface area contributed by atoms with Crippen LogP contribution >= 0.6 is 11.6 Å². The van der Waals surface area contributed by atoms with Crippen molar-refractivity contribution in [2.45, 2.75) is 25.7 Å². The smallest absolute Gasteiger partial charge is 0.224 e. The van der Waals surface area contributed by atoms with E-state index in [9.17, 15) is 9.59 Å². The summed E-state index contributed by atoms with van der Waals surface area (Å²) in [5.41, 5.74) is 1.33. The first-order valence-corrected chi connectivity index (χ1v) is 4.97. The second-order valence-electron chi connectivity index (χ2n) is 3.45. The third kappa shape index (κ3) is 1.73. The molecular weight excluding hydrogens is 202 g/mol. The SMILES string of the molecule is O=C1CCC(=O)C2=C(CCC(Cl)=C2)N1. The van der Waals surface area contributed by atoms with Crippen LogP contribution in [-0.2, 0) is 9.59 Å². The lowest BCUT2D eigenvalue weighted by molar-refractivity contribution is -0.122. The highest BCUT2D eigenvalue weighted by molar-refractivity contribution is 6.30.